The maximum atomic E-state index is 3.75. The molecule has 0 aliphatic carbocycles. The normalized spacial score (nSPS) is 15.7. The third-order valence-corrected chi connectivity index (χ3v) is 2.33. The average Bonchev–Trinajstić information content (AvgIpc) is 2.05. The van der Waals surface area contributed by atoms with Crippen molar-refractivity contribution in [3.05, 3.63) is 36.0 Å². The third-order valence-electron chi connectivity index (χ3n) is 2.33. The van der Waals surface area contributed by atoms with Crippen LogP contribution >= 0.6 is 0 Å². The summed E-state index contributed by atoms with van der Waals surface area (Å²) in [6, 6.07) is 0. The first kappa shape index (κ1) is 12.2. The molecule has 0 bridgehead atoms. The standard InChI is InChI=1S/C13H22/c1-6-8-11(3)10-13(5)12(4)9-7-2/h6-8,11H,2,9-10H2,1,3-5H3/b8-6?,13-12-. The molecule has 13 heavy (non-hydrogen) atoms. The van der Waals surface area contributed by atoms with Crippen molar-refractivity contribution in [2.45, 2.75) is 40.5 Å². The Kier molecular flexibility index (Phi) is 6.30. The molecule has 0 radical (unpaired) electrons. The number of rotatable bonds is 5. The minimum Gasteiger partial charge on any atom is -0.103 e. The second kappa shape index (κ2) is 6.71. The molecule has 0 aromatic rings. The van der Waals surface area contributed by atoms with Gasteiger partial charge in [0.2, 0.25) is 0 Å². The zero-order valence-electron chi connectivity index (χ0n) is 9.43. The van der Waals surface area contributed by atoms with Crippen molar-refractivity contribution in [2.24, 2.45) is 5.92 Å². The summed E-state index contributed by atoms with van der Waals surface area (Å²) in [5.74, 6) is 0.657. The second-order valence-corrected chi connectivity index (χ2v) is 3.76. The van der Waals surface area contributed by atoms with Gasteiger partial charge >= 0.3 is 0 Å². The lowest BCUT2D eigenvalue weighted by molar-refractivity contribution is 0.708. The van der Waals surface area contributed by atoms with Crippen LogP contribution in [0.5, 0.6) is 0 Å². The van der Waals surface area contributed by atoms with Gasteiger partial charge in [0.25, 0.3) is 0 Å². The van der Waals surface area contributed by atoms with Gasteiger partial charge < -0.3 is 0 Å². The van der Waals surface area contributed by atoms with Gasteiger partial charge in [-0.25, -0.2) is 0 Å². The van der Waals surface area contributed by atoms with Gasteiger partial charge in [-0.15, -0.1) is 6.58 Å². The van der Waals surface area contributed by atoms with E-state index in [2.05, 4.69) is 46.4 Å². The van der Waals surface area contributed by atoms with Crippen LogP contribution in [0.4, 0.5) is 0 Å². The zero-order chi connectivity index (χ0) is 10.3. The molecule has 0 aromatic carbocycles. The van der Waals surface area contributed by atoms with Gasteiger partial charge in [0, 0.05) is 0 Å². The van der Waals surface area contributed by atoms with Crippen molar-refractivity contribution in [1.82, 2.24) is 0 Å². The molecule has 0 amide bonds. The fourth-order valence-electron chi connectivity index (χ4n) is 1.44. The highest BCUT2D eigenvalue weighted by Crippen LogP contribution is 2.17. The highest BCUT2D eigenvalue weighted by molar-refractivity contribution is 5.13. The van der Waals surface area contributed by atoms with E-state index in [1.165, 1.54) is 17.6 Å². The Balaban J connectivity index is 4.17. The van der Waals surface area contributed by atoms with Crippen LogP contribution in [-0.2, 0) is 0 Å². The predicted molar refractivity (Wildman–Crippen MR) is 61.8 cm³/mol. The molecule has 0 aliphatic heterocycles. The van der Waals surface area contributed by atoms with Crippen LogP contribution < -0.4 is 0 Å². The maximum Gasteiger partial charge on any atom is -0.0142 e. The summed E-state index contributed by atoms with van der Waals surface area (Å²) < 4.78 is 0. The molecule has 0 rings (SSSR count). The number of hydrogen-bond acceptors (Lipinski definition) is 0. The van der Waals surface area contributed by atoms with E-state index in [1.54, 1.807) is 0 Å². The van der Waals surface area contributed by atoms with E-state index in [4.69, 9.17) is 0 Å². The molecule has 0 aromatic heterocycles. The predicted octanol–water partition coefficient (Wildman–Crippen LogP) is 4.50. The third kappa shape index (κ3) is 5.46. The van der Waals surface area contributed by atoms with Crippen molar-refractivity contribution >= 4 is 0 Å². The molecular formula is C13H22. The molecule has 0 fully saturated rings. The van der Waals surface area contributed by atoms with Gasteiger partial charge in [0.05, 0.1) is 0 Å². The molecule has 0 aliphatic rings. The van der Waals surface area contributed by atoms with Crippen molar-refractivity contribution in [3.8, 4) is 0 Å². The number of hydrogen-bond donors (Lipinski definition) is 0. The minimum absolute atomic E-state index is 0.657. The van der Waals surface area contributed by atoms with Crippen molar-refractivity contribution in [1.29, 1.82) is 0 Å². The molecule has 0 heteroatoms. The fourth-order valence-corrected chi connectivity index (χ4v) is 1.44. The van der Waals surface area contributed by atoms with Gasteiger partial charge in [-0.1, -0.05) is 36.3 Å². The smallest absolute Gasteiger partial charge is 0.0142 e. The SMILES string of the molecule is C=CC/C(C)=C(/C)CC(C)C=CC. The molecule has 0 saturated heterocycles. The molecule has 0 saturated carbocycles. The first-order valence-electron chi connectivity index (χ1n) is 5.00. The van der Waals surface area contributed by atoms with Gasteiger partial charge in [0.15, 0.2) is 0 Å². The summed E-state index contributed by atoms with van der Waals surface area (Å²) in [4.78, 5) is 0. The van der Waals surface area contributed by atoms with Crippen LogP contribution in [-0.4, -0.2) is 0 Å². The minimum atomic E-state index is 0.657. The van der Waals surface area contributed by atoms with Crippen LogP contribution in [0.15, 0.2) is 36.0 Å². The Morgan fingerprint density at radius 3 is 2.38 bits per heavy atom. The lowest BCUT2D eigenvalue weighted by Crippen LogP contribution is -1.93. The van der Waals surface area contributed by atoms with Crippen molar-refractivity contribution < 1.29 is 0 Å². The monoisotopic (exact) mass is 178 g/mol. The Bertz CT molecular complexity index is 206. The molecule has 1 atom stereocenters. The van der Waals surface area contributed by atoms with E-state index in [0.717, 1.165) is 6.42 Å². The summed E-state index contributed by atoms with van der Waals surface area (Å²) in [6.07, 6.45) is 8.54. The summed E-state index contributed by atoms with van der Waals surface area (Å²) in [7, 11) is 0. The Morgan fingerprint density at radius 1 is 1.31 bits per heavy atom. The Morgan fingerprint density at radius 2 is 1.92 bits per heavy atom. The van der Waals surface area contributed by atoms with Crippen molar-refractivity contribution in [2.75, 3.05) is 0 Å². The van der Waals surface area contributed by atoms with Crippen molar-refractivity contribution in [3.63, 3.8) is 0 Å². The fraction of sp³-hybridized carbons (Fsp3) is 0.538. The lowest BCUT2D eigenvalue weighted by Gasteiger charge is -2.09. The van der Waals surface area contributed by atoms with Gasteiger partial charge in [0.1, 0.15) is 0 Å². The molecule has 0 N–H and O–H groups in total. The highest BCUT2D eigenvalue weighted by Gasteiger charge is 2.00. The van der Waals surface area contributed by atoms with Crippen LogP contribution in [0.3, 0.4) is 0 Å². The first-order chi connectivity index (χ1) is 6.11. The topological polar surface area (TPSA) is 0 Å². The molecule has 74 valence electrons. The number of allylic oxidation sites excluding steroid dienone is 5. The second-order valence-electron chi connectivity index (χ2n) is 3.76. The molecular weight excluding hydrogens is 156 g/mol. The highest BCUT2D eigenvalue weighted by atomic mass is 14.1. The van der Waals surface area contributed by atoms with Crippen LogP contribution in [0, 0.1) is 5.92 Å². The van der Waals surface area contributed by atoms with E-state index in [-0.39, 0.29) is 0 Å². The largest absolute Gasteiger partial charge is 0.103 e. The molecule has 0 spiro atoms. The van der Waals surface area contributed by atoms with E-state index < -0.39 is 0 Å². The molecule has 0 heterocycles. The van der Waals surface area contributed by atoms with E-state index in [9.17, 15) is 0 Å². The maximum absolute atomic E-state index is 3.75. The molecule has 0 nitrogen and oxygen atoms in total. The molecule has 1 unspecified atom stereocenters. The van der Waals surface area contributed by atoms with Gasteiger partial charge in [-0.3, -0.25) is 0 Å². The quantitative estimate of drug-likeness (QED) is 0.544. The van der Waals surface area contributed by atoms with Crippen LogP contribution in [0.2, 0.25) is 0 Å². The van der Waals surface area contributed by atoms with Crippen LogP contribution in [0.25, 0.3) is 0 Å². The zero-order valence-corrected chi connectivity index (χ0v) is 9.43. The first-order valence-corrected chi connectivity index (χ1v) is 5.00. The Hall–Kier alpha value is -0.780. The Labute approximate surface area is 83.0 Å². The summed E-state index contributed by atoms with van der Waals surface area (Å²) in [5.41, 5.74) is 2.97. The van der Waals surface area contributed by atoms with E-state index in [0.29, 0.717) is 5.92 Å². The summed E-state index contributed by atoms with van der Waals surface area (Å²) in [6.45, 7) is 12.5. The van der Waals surface area contributed by atoms with E-state index in [1.807, 2.05) is 6.08 Å². The summed E-state index contributed by atoms with van der Waals surface area (Å²) >= 11 is 0. The van der Waals surface area contributed by atoms with Crippen LogP contribution in [0.1, 0.15) is 40.5 Å². The van der Waals surface area contributed by atoms with Gasteiger partial charge in [-0.2, -0.15) is 0 Å². The summed E-state index contributed by atoms with van der Waals surface area (Å²) in [5, 5.41) is 0. The van der Waals surface area contributed by atoms with E-state index >= 15 is 0 Å². The van der Waals surface area contributed by atoms with Gasteiger partial charge in [-0.05, 0) is 39.5 Å². The average molecular weight is 178 g/mol. The lowest BCUT2D eigenvalue weighted by atomic mass is 9.97.